The third-order valence-electron chi connectivity index (χ3n) is 4.31. The van der Waals surface area contributed by atoms with E-state index in [1.165, 1.54) is 0 Å². The van der Waals surface area contributed by atoms with Crippen LogP contribution < -0.4 is 5.32 Å². The average Bonchev–Trinajstić information content (AvgIpc) is 2.55. The normalized spacial score (nSPS) is 16.0. The lowest BCUT2D eigenvalue weighted by atomic mass is 9.76. The van der Waals surface area contributed by atoms with Gasteiger partial charge in [0.05, 0.1) is 5.94 Å². The fourth-order valence-electron chi connectivity index (χ4n) is 2.82. The summed E-state index contributed by atoms with van der Waals surface area (Å²) in [5, 5.41) is 21.7. The summed E-state index contributed by atoms with van der Waals surface area (Å²) in [5.74, 6) is -0.955. The molecule has 2 rings (SSSR count). The van der Waals surface area contributed by atoms with Crippen LogP contribution in [0.2, 0.25) is 0 Å². The fourth-order valence-corrected chi connectivity index (χ4v) is 2.82. The predicted octanol–water partition coefficient (Wildman–Crippen LogP) is 0.437. The monoisotopic (exact) mass is 332 g/mol. The molecule has 2 amide bonds. The van der Waals surface area contributed by atoms with E-state index < -0.39 is 13.1 Å². The molecule has 0 bridgehead atoms. The number of piperidine rings is 1. The Bertz CT molecular complexity index is 562. The topological polar surface area (TPSA) is 89.9 Å². The van der Waals surface area contributed by atoms with Crippen molar-refractivity contribution in [3.63, 3.8) is 0 Å². The molecule has 1 atom stereocenters. The maximum atomic E-state index is 12.1. The maximum Gasteiger partial charge on any atom is 0.475 e. The van der Waals surface area contributed by atoms with E-state index in [9.17, 15) is 19.6 Å². The van der Waals surface area contributed by atoms with Crippen molar-refractivity contribution in [2.24, 2.45) is 0 Å². The van der Waals surface area contributed by atoms with Gasteiger partial charge in [-0.3, -0.25) is 9.59 Å². The van der Waals surface area contributed by atoms with E-state index in [0.29, 0.717) is 25.9 Å². The van der Waals surface area contributed by atoms with Crippen molar-refractivity contribution in [1.29, 1.82) is 0 Å². The lowest BCUT2D eigenvalue weighted by Gasteiger charge is -2.26. The number of nitrogens with one attached hydrogen (secondary N) is 1. The number of nitrogens with zero attached hydrogens (tertiary/aromatic N) is 1. The highest BCUT2D eigenvalue weighted by Crippen LogP contribution is 2.11. The second-order valence-corrected chi connectivity index (χ2v) is 6.37. The Labute approximate surface area is 143 Å². The number of likely N-dealkylation sites (tertiary alicyclic amines) is 1. The molecule has 1 heterocycles. The molecular formula is C17H25BN2O4. The summed E-state index contributed by atoms with van der Waals surface area (Å²) < 4.78 is 0. The molecule has 1 fully saturated rings. The molecule has 24 heavy (non-hydrogen) atoms. The smallest absolute Gasteiger partial charge is 0.426 e. The van der Waals surface area contributed by atoms with Gasteiger partial charge in [0.2, 0.25) is 11.8 Å². The van der Waals surface area contributed by atoms with Gasteiger partial charge in [0, 0.05) is 25.9 Å². The van der Waals surface area contributed by atoms with Crippen LogP contribution >= 0.6 is 0 Å². The van der Waals surface area contributed by atoms with Crippen molar-refractivity contribution in [2.45, 2.75) is 45.0 Å². The quantitative estimate of drug-likeness (QED) is 0.632. The molecule has 1 unspecified atom stereocenters. The maximum absolute atomic E-state index is 12.1. The molecule has 0 spiro atoms. The number of aryl methyl sites for hydroxylation is 1. The summed E-state index contributed by atoms with van der Waals surface area (Å²) in [6.45, 7) is 3.05. The summed E-state index contributed by atoms with van der Waals surface area (Å²) in [4.78, 5) is 25.5. The van der Waals surface area contributed by atoms with Crippen LogP contribution in [-0.2, 0) is 16.0 Å². The first-order valence-corrected chi connectivity index (χ1v) is 8.44. The molecule has 1 aromatic rings. The molecule has 1 aromatic carbocycles. The molecule has 130 valence electrons. The second-order valence-electron chi connectivity index (χ2n) is 6.37. The van der Waals surface area contributed by atoms with E-state index in [1.807, 2.05) is 31.2 Å². The summed E-state index contributed by atoms with van der Waals surface area (Å²) in [6, 6.07) is 7.70. The van der Waals surface area contributed by atoms with Crippen molar-refractivity contribution < 1.29 is 19.6 Å². The zero-order chi connectivity index (χ0) is 17.5. The minimum Gasteiger partial charge on any atom is -0.426 e. The summed E-state index contributed by atoms with van der Waals surface area (Å²) >= 11 is 0. The first-order valence-electron chi connectivity index (χ1n) is 8.44. The Hall–Kier alpha value is -1.86. The van der Waals surface area contributed by atoms with Crippen LogP contribution in [0.15, 0.2) is 24.3 Å². The number of hydrogen-bond acceptors (Lipinski definition) is 4. The van der Waals surface area contributed by atoms with E-state index in [1.54, 1.807) is 4.90 Å². The highest BCUT2D eigenvalue weighted by molar-refractivity contribution is 6.43. The van der Waals surface area contributed by atoms with Gasteiger partial charge in [-0.2, -0.15) is 0 Å². The van der Waals surface area contributed by atoms with E-state index in [-0.39, 0.29) is 18.2 Å². The van der Waals surface area contributed by atoms with E-state index in [2.05, 4.69) is 5.32 Å². The molecule has 0 aromatic heterocycles. The highest BCUT2D eigenvalue weighted by atomic mass is 16.4. The summed E-state index contributed by atoms with van der Waals surface area (Å²) in [6.07, 6.45) is 2.94. The number of rotatable bonds is 7. The van der Waals surface area contributed by atoms with Gasteiger partial charge in [0.25, 0.3) is 0 Å². The van der Waals surface area contributed by atoms with Crippen molar-refractivity contribution in [1.82, 2.24) is 10.2 Å². The van der Waals surface area contributed by atoms with Gasteiger partial charge in [-0.25, -0.2) is 0 Å². The lowest BCUT2D eigenvalue weighted by molar-refractivity contribution is -0.133. The van der Waals surface area contributed by atoms with Gasteiger partial charge >= 0.3 is 7.12 Å². The molecule has 0 radical (unpaired) electrons. The predicted molar refractivity (Wildman–Crippen MR) is 92.1 cm³/mol. The van der Waals surface area contributed by atoms with Crippen LogP contribution in [0.5, 0.6) is 0 Å². The fraction of sp³-hybridized carbons (Fsp3) is 0.529. The second kappa shape index (κ2) is 8.85. The Kier molecular flexibility index (Phi) is 6.81. The molecule has 1 saturated heterocycles. The Morgan fingerprint density at radius 2 is 2.00 bits per heavy atom. The standard InChI is InChI=1S/C17H25BN2O4/c1-13-5-7-14(8-6-13)12-15(18(23)24)19-16(21)9-11-20-10-3-2-4-17(20)22/h5-8,15,23-24H,2-4,9-12H2,1H3,(H,19,21). The molecule has 6 nitrogen and oxygen atoms in total. The molecule has 0 aliphatic carbocycles. The van der Waals surface area contributed by atoms with Gasteiger partial charge in [-0.05, 0) is 31.7 Å². The first kappa shape index (κ1) is 18.5. The van der Waals surface area contributed by atoms with Gasteiger partial charge in [0.15, 0.2) is 0 Å². The third-order valence-corrected chi connectivity index (χ3v) is 4.31. The van der Waals surface area contributed by atoms with E-state index in [4.69, 9.17) is 0 Å². The molecular weight excluding hydrogens is 307 g/mol. The number of carbonyl (C=O) groups excluding carboxylic acids is 2. The summed E-state index contributed by atoms with van der Waals surface area (Å²) in [5.41, 5.74) is 2.04. The molecule has 0 saturated carbocycles. The van der Waals surface area contributed by atoms with Crippen LogP contribution in [0.1, 0.15) is 36.8 Å². The third kappa shape index (κ3) is 5.65. The largest absolute Gasteiger partial charge is 0.475 e. The summed E-state index contributed by atoms with van der Waals surface area (Å²) in [7, 11) is -1.63. The average molecular weight is 332 g/mol. The first-order chi connectivity index (χ1) is 11.5. The Morgan fingerprint density at radius 3 is 2.62 bits per heavy atom. The van der Waals surface area contributed by atoms with Gasteiger partial charge in [-0.1, -0.05) is 29.8 Å². The van der Waals surface area contributed by atoms with E-state index >= 15 is 0 Å². The van der Waals surface area contributed by atoms with Crippen molar-refractivity contribution in [3.05, 3.63) is 35.4 Å². The number of hydrogen-bond donors (Lipinski definition) is 3. The van der Waals surface area contributed by atoms with Gasteiger partial charge in [0.1, 0.15) is 0 Å². The number of carbonyl (C=O) groups is 2. The van der Waals surface area contributed by atoms with Crippen LogP contribution in [0.25, 0.3) is 0 Å². The molecule has 3 N–H and O–H groups in total. The highest BCUT2D eigenvalue weighted by Gasteiger charge is 2.26. The van der Waals surface area contributed by atoms with Crippen LogP contribution in [0, 0.1) is 6.92 Å². The Balaban J connectivity index is 1.84. The SMILES string of the molecule is Cc1ccc(CC(NC(=O)CCN2CCCCC2=O)B(O)O)cc1. The van der Waals surface area contributed by atoms with E-state index in [0.717, 1.165) is 24.0 Å². The van der Waals surface area contributed by atoms with Crippen LogP contribution in [-0.4, -0.2) is 52.9 Å². The zero-order valence-corrected chi connectivity index (χ0v) is 14.1. The van der Waals surface area contributed by atoms with Gasteiger partial charge in [-0.15, -0.1) is 0 Å². The van der Waals surface area contributed by atoms with Gasteiger partial charge < -0.3 is 20.3 Å². The van der Waals surface area contributed by atoms with Crippen molar-refractivity contribution in [3.8, 4) is 0 Å². The van der Waals surface area contributed by atoms with Crippen molar-refractivity contribution in [2.75, 3.05) is 13.1 Å². The molecule has 7 heteroatoms. The number of amides is 2. The van der Waals surface area contributed by atoms with Crippen molar-refractivity contribution >= 4 is 18.9 Å². The zero-order valence-electron chi connectivity index (χ0n) is 14.1. The molecule has 1 aliphatic heterocycles. The minimum absolute atomic E-state index is 0.0902. The minimum atomic E-state index is -1.63. The van der Waals surface area contributed by atoms with Crippen LogP contribution in [0.3, 0.4) is 0 Å². The lowest BCUT2D eigenvalue weighted by Crippen LogP contribution is -2.48. The Morgan fingerprint density at radius 1 is 1.29 bits per heavy atom. The van der Waals surface area contributed by atoms with Crippen LogP contribution in [0.4, 0.5) is 0 Å². The number of benzene rings is 1. The molecule has 1 aliphatic rings.